The highest BCUT2D eigenvalue weighted by atomic mass is 16.5. The van der Waals surface area contributed by atoms with E-state index in [-0.39, 0.29) is 17.8 Å². The van der Waals surface area contributed by atoms with Crippen molar-refractivity contribution >= 4 is 22.8 Å². The van der Waals surface area contributed by atoms with Crippen molar-refractivity contribution in [2.24, 2.45) is 5.92 Å². The SMILES string of the molecule is CCCc1cc(=O)oc2c3c(c4c(c12)OC(C)(C)C=C4)O[C@@H]1CCCC[C@H]1C3=O. The van der Waals surface area contributed by atoms with Crippen LogP contribution in [0, 0.1) is 5.92 Å². The van der Waals surface area contributed by atoms with E-state index in [1.165, 1.54) is 6.07 Å². The number of fused-ring (bicyclic) bond motifs is 7. The second kappa shape index (κ2) is 6.48. The van der Waals surface area contributed by atoms with Crippen molar-refractivity contribution in [3.05, 3.63) is 39.3 Å². The van der Waals surface area contributed by atoms with E-state index >= 15 is 0 Å². The summed E-state index contributed by atoms with van der Waals surface area (Å²) in [4.78, 5) is 25.9. The molecule has 1 aromatic carbocycles. The second-order valence-corrected chi connectivity index (χ2v) is 8.94. The summed E-state index contributed by atoms with van der Waals surface area (Å²) >= 11 is 0. The van der Waals surface area contributed by atoms with Crippen LogP contribution >= 0.6 is 0 Å². The Balaban J connectivity index is 1.88. The predicted octanol–water partition coefficient (Wildman–Crippen LogP) is 5.06. The third-order valence-corrected chi connectivity index (χ3v) is 6.30. The van der Waals surface area contributed by atoms with Gasteiger partial charge in [-0.1, -0.05) is 19.8 Å². The van der Waals surface area contributed by atoms with Gasteiger partial charge >= 0.3 is 5.63 Å². The van der Waals surface area contributed by atoms with Crippen molar-refractivity contribution in [1.82, 2.24) is 0 Å². The molecule has 29 heavy (non-hydrogen) atoms. The van der Waals surface area contributed by atoms with Crippen LogP contribution in [0.25, 0.3) is 17.0 Å². The van der Waals surface area contributed by atoms with E-state index in [0.717, 1.165) is 48.6 Å². The first-order chi connectivity index (χ1) is 13.9. The predicted molar refractivity (Wildman–Crippen MR) is 111 cm³/mol. The van der Waals surface area contributed by atoms with Crippen molar-refractivity contribution in [3.8, 4) is 11.5 Å². The molecule has 3 aliphatic rings. The molecule has 2 atom stereocenters. The fourth-order valence-corrected chi connectivity index (χ4v) is 4.97. The van der Waals surface area contributed by atoms with Crippen LogP contribution in [0.2, 0.25) is 0 Å². The van der Waals surface area contributed by atoms with Crippen LogP contribution in [-0.2, 0) is 6.42 Å². The molecular weight excluding hydrogens is 368 g/mol. The molecule has 1 saturated carbocycles. The minimum absolute atomic E-state index is 0.0405. The Kier molecular flexibility index (Phi) is 4.12. The average molecular weight is 394 g/mol. The number of aryl methyl sites for hydroxylation is 1. The Hall–Kier alpha value is -2.56. The maximum absolute atomic E-state index is 13.6. The lowest BCUT2D eigenvalue weighted by molar-refractivity contribution is 0.0521. The lowest BCUT2D eigenvalue weighted by atomic mass is 9.78. The molecule has 0 spiro atoms. The van der Waals surface area contributed by atoms with Crippen molar-refractivity contribution in [2.45, 2.75) is 71.0 Å². The van der Waals surface area contributed by atoms with Crippen molar-refractivity contribution < 1.29 is 18.7 Å². The number of rotatable bonds is 2. The number of carbonyl (C=O) groups is 1. The molecule has 0 amide bonds. The van der Waals surface area contributed by atoms with E-state index < -0.39 is 11.2 Å². The number of benzene rings is 1. The van der Waals surface area contributed by atoms with Gasteiger partial charge in [-0.05, 0) is 57.2 Å². The van der Waals surface area contributed by atoms with E-state index in [1.807, 2.05) is 26.0 Å². The summed E-state index contributed by atoms with van der Waals surface area (Å²) < 4.78 is 18.4. The van der Waals surface area contributed by atoms with E-state index in [1.54, 1.807) is 0 Å². The van der Waals surface area contributed by atoms with Crippen LogP contribution < -0.4 is 15.1 Å². The van der Waals surface area contributed by atoms with Gasteiger partial charge in [-0.15, -0.1) is 0 Å². The molecule has 5 rings (SSSR count). The van der Waals surface area contributed by atoms with Gasteiger partial charge in [-0.3, -0.25) is 4.79 Å². The molecule has 0 unspecified atom stereocenters. The first-order valence-electron chi connectivity index (χ1n) is 10.7. The highest BCUT2D eigenvalue weighted by Crippen LogP contribution is 2.50. The Morgan fingerprint density at radius 3 is 2.72 bits per heavy atom. The van der Waals surface area contributed by atoms with Gasteiger partial charge in [-0.2, -0.15) is 0 Å². The summed E-state index contributed by atoms with van der Waals surface area (Å²) in [5.74, 6) is 1.05. The molecule has 0 bridgehead atoms. The zero-order chi connectivity index (χ0) is 20.3. The number of hydrogen-bond donors (Lipinski definition) is 0. The smallest absolute Gasteiger partial charge is 0.336 e. The standard InChI is InChI=1S/C24H26O5/c1-4-7-13-12-17(25)28-23-18(13)22-15(10-11-24(2,3)29-22)21-19(23)20(26)14-8-5-6-9-16(14)27-21/h10-12,14,16H,4-9H2,1-3H3/t14-,16-/m1/s1. The number of Topliss-reactive ketones (excluding diaryl/α,β-unsaturated/α-hetero) is 1. The lowest BCUT2D eigenvalue weighted by Crippen LogP contribution is -2.40. The Morgan fingerprint density at radius 1 is 1.14 bits per heavy atom. The van der Waals surface area contributed by atoms with E-state index in [0.29, 0.717) is 29.1 Å². The monoisotopic (exact) mass is 394 g/mol. The fraction of sp³-hybridized carbons (Fsp3) is 0.500. The molecule has 0 radical (unpaired) electrons. The fourth-order valence-electron chi connectivity index (χ4n) is 4.97. The van der Waals surface area contributed by atoms with E-state index in [2.05, 4.69) is 6.92 Å². The zero-order valence-corrected chi connectivity index (χ0v) is 17.2. The number of carbonyl (C=O) groups excluding carboxylic acids is 1. The number of hydrogen-bond acceptors (Lipinski definition) is 5. The summed E-state index contributed by atoms with van der Waals surface area (Å²) in [6.07, 6.45) is 9.23. The molecule has 5 heteroatoms. The van der Waals surface area contributed by atoms with Gasteiger partial charge in [-0.25, -0.2) is 4.79 Å². The normalized spacial score (nSPS) is 24.3. The first kappa shape index (κ1) is 18.5. The third-order valence-electron chi connectivity index (χ3n) is 6.30. The molecule has 5 nitrogen and oxygen atoms in total. The molecule has 2 aliphatic heterocycles. The van der Waals surface area contributed by atoms with Gasteiger partial charge in [0.05, 0.1) is 16.9 Å². The maximum atomic E-state index is 13.6. The Labute approximate surface area is 169 Å². The first-order valence-corrected chi connectivity index (χ1v) is 10.7. The van der Waals surface area contributed by atoms with Crippen molar-refractivity contribution in [3.63, 3.8) is 0 Å². The Morgan fingerprint density at radius 2 is 1.93 bits per heavy atom. The minimum Gasteiger partial charge on any atom is -0.488 e. The van der Waals surface area contributed by atoms with Gasteiger partial charge in [0.25, 0.3) is 0 Å². The molecule has 0 N–H and O–H groups in total. The molecule has 1 fully saturated rings. The zero-order valence-electron chi connectivity index (χ0n) is 17.2. The summed E-state index contributed by atoms with van der Waals surface area (Å²) in [5, 5.41) is 0.740. The van der Waals surface area contributed by atoms with Crippen LogP contribution in [0.15, 0.2) is 21.4 Å². The van der Waals surface area contributed by atoms with Crippen LogP contribution in [0.4, 0.5) is 0 Å². The van der Waals surface area contributed by atoms with E-state index in [4.69, 9.17) is 13.9 Å². The summed E-state index contributed by atoms with van der Waals surface area (Å²) in [5.41, 5.74) is 1.46. The molecule has 0 saturated heterocycles. The van der Waals surface area contributed by atoms with Gasteiger partial charge in [0, 0.05) is 6.07 Å². The highest BCUT2D eigenvalue weighted by molar-refractivity contribution is 6.14. The minimum atomic E-state index is -0.500. The summed E-state index contributed by atoms with van der Waals surface area (Å²) in [6.45, 7) is 6.04. The van der Waals surface area contributed by atoms with Crippen LogP contribution in [0.1, 0.15) is 74.4 Å². The third kappa shape index (κ3) is 2.82. The average Bonchev–Trinajstić information content (AvgIpc) is 2.67. The summed E-state index contributed by atoms with van der Waals surface area (Å²) in [7, 11) is 0. The summed E-state index contributed by atoms with van der Waals surface area (Å²) in [6, 6.07) is 1.53. The quantitative estimate of drug-likeness (QED) is 0.666. The number of ether oxygens (including phenoxy) is 2. The van der Waals surface area contributed by atoms with Crippen molar-refractivity contribution in [2.75, 3.05) is 0 Å². The molecule has 152 valence electrons. The van der Waals surface area contributed by atoms with Gasteiger partial charge in [0.15, 0.2) is 11.4 Å². The lowest BCUT2D eigenvalue weighted by Gasteiger charge is -2.38. The molecule has 2 aromatic rings. The van der Waals surface area contributed by atoms with Crippen LogP contribution in [0.5, 0.6) is 11.5 Å². The van der Waals surface area contributed by atoms with Gasteiger partial charge in [0.1, 0.15) is 28.8 Å². The van der Waals surface area contributed by atoms with Crippen LogP contribution in [-0.4, -0.2) is 17.5 Å². The molecular formula is C24H26O5. The van der Waals surface area contributed by atoms with Crippen molar-refractivity contribution in [1.29, 1.82) is 0 Å². The second-order valence-electron chi connectivity index (χ2n) is 8.94. The van der Waals surface area contributed by atoms with Gasteiger partial charge < -0.3 is 13.9 Å². The molecule has 1 aliphatic carbocycles. The maximum Gasteiger partial charge on any atom is 0.336 e. The van der Waals surface area contributed by atoms with Gasteiger partial charge in [0.2, 0.25) is 0 Å². The largest absolute Gasteiger partial charge is 0.488 e. The molecule has 3 heterocycles. The van der Waals surface area contributed by atoms with Crippen LogP contribution in [0.3, 0.4) is 0 Å². The highest BCUT2D eigenvalue weighted by Gasteiger charge is 2.43. The molecule has 1 aromatic heterocycles. The number of ketones is 1. The topological polar surface area (TPSA) is 65.7 Å². The van der Waals surface area contributed by atoms with E-state index in [9.17, 15) is 9.59 Å². The Bertz CT molecular complexity index is 1100.